The molecular formula is C16H25N2+. The summed E-state index contributed by atoms with van der Waals surface area (Å²) in [5.74, 6) is 0.810. The zero-order valence-electron chi connectivity index (χ0n) is 11.7. The van der Waals surface area contributed by atoms with E-state index in [-0.39, 0.29) is 0 Å². The van der Waals surface area contributed by atoms with Crippen molar-refractivity contribution in [3.8, 4) is 0 Å². The molecule has 2 saturated heterocycles. The van der Waals surface area contributed by atoms with Crippen molar-refractivity contribution in [1.29, 1.82) is 0 Å². The fourth-order valence-electron chi connectivity index (χ4n) is 3.89. The van der Waals surface area contributed by atoms with Gasteiger partial charge < -0.3 is 4.48 Å². The van der Waals surface area contributed by atoms with E-state index in [1.54, 1.807) is 0 Å². The van der Waals surface area contributed by atoms with Crippen LogP contribution in [0.25, 0.3) is 0 Å². The van der Waals surface area contributed by atoms with E-state index >= 15 is 0 Å². The topological polar surface area (TPSA) is 12.0 Å². The Kier molecular flexibility index (Phi) is 3.16. The Morgan fingerprint density at radius 1 is 1.11 bits per heavy atom. The summed E-state index contributed by atoms with van der Waals surface area (Å²) in [6.45, 7) is 9.78. The SMILES string of the molecule is Cc1ccc(C2NCC(C)C[N+]23CCCC3)cc1. The van der Waals surface area contributed by atoms with Crippen LogP contribution in [0.4, 0.5) is 0 Å². The van der Waals surface area contributed by atoms with Gasteiger partial charge in [0.25, 0.3) is 0 Å². The van der Waals surface area contributed by atoms with Crippen LogP contribution < -0.4 is 5.32 Å². The van der Waals surface area contributed by atoms with Crippen LogP contribution in [0.2, 0.25) is 0 Å². The highest BCUT2D eigenvalue weighted by Gasteiger charge is 2.44. The van der Waals surface area contributed by atoms with Crippen molar-refractivity contribution in [1.82, 2.24) is 5.32 Å². The highest BCUT2D eigenvalue weighted by Crippen LogP contribution is 2.36. The van der Waals surface area contributed by atoms with Crippen molar-refractivity contribution in [2.75, 3.05) is 26.2 Å². The van der Waals surface area contributed by atoms with Crippen molar-refractivity contribution in [3.05, 3.63) is 35.4 Å². The molecule has 98 valence electrons. The van der Waals surface area contributed by atoms with Crippen LogP contribution in [0.3, 0.4) is 0 Å². The summed E-state index contributed by atoms with van der Waals surface area (Å²) in [4.78, 5) is 0. The third-order valence-electron chi connectivity index (χ3n) is 4.73. The van der Waals surface area contributed by atoms with Gasteiger partial charge in [-0.15, -0.1) is 0 Å². The van der Waals surface area contributed by atoms with Crippen molar-refractivity contribution in [2.45, 2.75) is 32.9 Å². The molecule has 1 aromatic carbocycles. The number of hydrogen-bond acceptors (Lipinski definition) is 1. The molecule has 2 heterocycles. The van der Waals surface area contributed by atoms with Crippen LogP contribution in [0.1, 0.15) is 37.1 Å². The molecule has 0 amide bonds. The molecule has 18 heavy (non-hydrogen) atoms. The zero-order valence-corrected chi connectivity index (χ0v) is 11.7. The van der Waals surface area contributed by atoms with Gasteiger partial charge in [-0.2, -0.15) is 0 Å². The molecular weight excluding hydrogens is 220 g/mol. The minimum atomic E-state index is 0.532. The fraction of sp³-hybridized carbons (Fsp3) is 0.625. The molecule has 1 N–H and O–H groups in total. The number of aryl methyl sites for hydroxylation is 1. The van der Waals surface area contributed by atoms with Crippen LogP contribution in [0, 0.1) is 12.8 Å². The molecule has 2 fully saturated rings. The molecule has 0 bridgehead atoms. The van der Waals surface area contributed by atoms with Gasteiger partial charge in [-0.1, -0.05) is 36.8 Å². The monoisotopic (exact) mass is 245 g/mol. The quantitative estimate of drug-likeness (QED) is 0.750. The smallest absolute Gasteiger partial charge is 0.169 e. The number of hydrogen-bond donors (Lipinski definition) is 1. The molecule has 2 nitrogen and oxygen atoms in total. The number of benzene rings is 1. The van der Waals surface area contributed by atoms with Crippen LogP contribution in [0.15, 0.2) is 24.3 Å². The van der Waals surface area contributed by atoms with Gasteiger partial charge in [0.2, 0.25) is 0 Å². The van der Waals surface area contributed by atoms with E-state index in [1.807, 2.05) is 0 Å². The Balaban J connectivity index is 1.91. The van der Waals surface area contributed by atoms with E-state index in [2.05, 4.69) is 43.4 Å². The average molecular weight is 245 g/mol. The van der Waals surface area contributed by atoms with Gasteiger partial charge in [0, 0.05) is 30.9 Å². The molecule has 0 aliphatic carbocycles. The Bertz CT molecular complexity index is 404. The Hall–Kier alpha value is -0.860. The molecule has 3 rings (SSSR count). The van der Waals surface area contributed by atoms with Gasteiger partial charge in [0.1, 0.15) is 0 Å². The van der Waals surface area contributed by atoms with Crippen LogP contribution in [0.5, 0.6) is 0 Å². The fourth-order valence-corrected chi connectivity index (χ4v) is 3.89. The summed E-state index contributed by atoms with van der Waals surface area (Å²) in [7, 11) is 0. The van der Waals surface area contributed by atoms with E-state index in [9.17, 15) is 0 Å². The summed E-state index contributed by atoms with van der Waals surface area (Å²) < 4.78 is 1.28. The van der Waals surface area contributed by atoms with Gasteiger partial charge in [-0.3, -0.25) is 5.32 Å². The standard InChI is InChI=1S/C16H25N2/c1-13-5-7-15(8-6-13)16-17-11-14(2)12-18(16)9-3-4-10-18/h5-8,14,16-17H,3-4,9-12H2,1-2H3/q+1. The first kappa shape index (κ1) is 12.2. The first-order valence-electron chi connectivity index (χ1n) is 7.35. The third kappa shape index (κ3) is 2.08. The van der Waals surface area contributed by atoms with Gasteiger partial charge in [-0.05, 0) is 6.92 Å². The maximum Gasteiger partial charge on any atom is 0.169 e. The lowest BCUT2D eigenvalue weighted by atomic mass is 10.0. The second-order valence-electron chi connectivity index (χ2n) is 6.38. The van der Waals surface area contributed by atoms with Crippen molar-refractivity contribution in [3.63, 3.8) is 0 Å². The molecule has 2 atom stereocenters. The minimum Gasteiger partial charge on any atom is -0.305 e. The lowest BCUT2D eigenvalue weighted by Gasteiger charge is -2.47. The van der Waals surface area contributed by atoms with Crippen molar-refractivity contribution >= 4 is 0 Å². The second-order valence-corrected chi connectivity index (χ2v) is 6.38. The first-order chi connectivity index (χ1) is 8.70. The minimum absolute atomic E-state index is 0.532. The third-order valence-corrected chi connectivity index (χ3v) is 4.73. The number of nitrogens with one attached hydrogen (secondary N) is 1. The normalized spacial score (nSPS) is 30.8. The van der Waals surface area contributed by atoms with Crippen LogP contribution in [-0.2, 0) is 0 Å². The van der Waals surface area contributed by atoms with Gasteiger partial charge in [-0.25, -0.2) is 0 Å². The highest BCUT2D eigenvalue weighted by atomic mass is 15.5. The second kappa shape index (κ2) is 4.67. The van der Waals surface area contributed by atoms with E-state index in [0.717, 1.165) is 5.92 Å². The number of rotatable bonds is 1. The molecule has 0 saturated carbocycles. The predicted octanol–water partition coefficient (Wildman–Crippen LogP) is 2.84. The lowest BCUT2D eigenvalue weighted by Crippen LogP contribution is -2.60. The molecule has 2 aliphatic rings. The Labute approximate surface area is 111 Å². The summed E-state index contributed by atoms with van der Waals surface area (Å²) in [6.07, 6.45) is 3.33. The van der Waals surface area contributed by atoms with E-state index in [1.165, 1.54) is 54.6 Å². The summed E-state index contributed by atoms with van der Waals surface area (Å²) in [6, 6.07) is 9.14. The Morgan fingerprint density at radius 2 is 1.78 bits per heavy atom. The molecule has 0 aromatic heterocycles. The Morgan fingerprint density at radius 3 is 2.44 bits per heavy atom. The van der Waals surface area contributed by atoms with Crippen molar-refractivity contribution in [2.24, 2.45) is 5.92 Å². The van der Waals surface area contributed by atoms with E-state index in [0.29, 0.717) is 6.17 Å². The maximum atomic E-state index is 3.81. The number of quaternary nitrogens is 1. The van der Waals surface area contributed by atoms with Crippen LogP contribution >= 0.6 is 0 Å². The van der Waals surface area contributed by atoms with Crippen molar-refractivity contribution < 1.29 is 4.48 Å². The van der Waals surface area contributed by atoms with E-state index < -0.39 is 0 Å². The van der Waals surface area contributed by atoms with E-state index in [4.69, 9.17) is 0 Å². The maximum absolute atomic E-state index is 3.81. The molecule has 2 unspecified atom stereocenters. The number of nitrogens with zero attached hydrogens (tertiary/aromatic N) is 1. The predicted molar refractivity (Wildman–Crippen MR) is 75.2 cm³/mol. The van der Waals surface area contributed by atoms with Gasteiger partial charge in [0.15, 0.2) is 6.17 Å². The molecule has 2 aliphatic heterocycles. The summed E-state index contributed by atoms with van der Waals surface area (Å²) in [5.41, 5.74) is 2.84. The zero-order chi connectivity index (χ0) is 12.6. The van der Waals surface area contributed by atoms with Gasteiger partial charge in [0.05, 0.1) is 19.6 Å². The summed E-state index contributed by atoms with van der Waals surface area (Å²) >= 11 is 0. The highest BCUT2D eigenvalue weighted by molar-refractivity contribution is 5.23. The largest absolute Gasteiger partial charge is 0.305 e. The molecule has 2 heteroatoms. The summed E-state index contributed by atoms with van der Waals surface area (Å²) in [5, 5.41) is 3.81. The van der Waals surface area contributed by atoms with Crippen LogP contribution in [-0.4, -0.2) is 30.7 Å². The molecule has 1 spiro atoms. The lowest BCUT2D eigenvalue weighted by molar-refractivity contribution is -0.957. The molecule has 0 radical (unpaired) electrons. The first-order valence-corrected chi connectivity index (χ1v) is 7.35. The van der Waals surface area contributed by atoms with Gasteiger partial charge >= 0.3 is 0 Å². The average Bonchev–Trinajstić information content (AvgIpc) is 2.80. The molecule has 1 aromatic rings.